The number of hydrogen-bond donors (Lipinski definition) is 0. The van der Waals surface area contributed by atoms with E-state index in [4.69, 9.17) is 24.9 Å². The predicted molar refractivity (Wildman–Crippen MR) is 144 cm³/mol. The van der Waals surface area contributed by atoms with Crippen LogP contribution in [-0.2, 0) is 43.7 Å². The molecule has 11 heteroatoms. The topological polar surface area (TPSA) is 144 Å². The molecule has 8 nitrogen and oxygen atoms in total. The zero-order valence-electron chi connectivity index (χ0n) is 24.6. The first-order valence-electron chi connectivity index (χ1n) is 11.9. The summed E-state index contributed by atoms with van der Waals surface area (Å²) in [5.74, 6) is 0. The zero-order valence-corrected chi connectivity index (χ0v) is 28.0. The first-order chi connectivity index (χ1) is 16.0. The van der Waals surface area contributed by atoms with Gasteiger partial charge in [0, 0.05) is 6.20 Å². The Balaban J connectivity index is -0.000000208. The Kier molecular flexibility index (Phi) is 33.3. The Labute approximate surface area is 239 Å². The van der Waals surface area contributed by atoms with Crippen molar-refractivity contribution in [1.82, 2.24) is 4.98 Å². The molecule has 1 atom stereocenters. The van der Waals surface area contributed by atoms with E-state index in [1.165, 1.54) is 0 Å². The van der Waals surface area contributed by atoms with Gasteiger partial charge in [0.15, 0.2) is 8.32 Å². The number of hydrogen-bond acceptors (Lipinski definition) is 7. The van der Waals surface area contributed by atoms with Crippen LogP contribution in [0.4, 0.5) is 0 Å². The largest absolute Gasteiger partial charge is 4.00 e. The van der Waals surface area contributed by atoms with E-state index in [1.807, 2.05) is 32.9 Å². The van der Waals surface area contributed by atoms with E-state index in [2.05, 4.69) is 43.2 Å². The molecule has 1 aromatic rings. The van der Waals surface area contributed by atoms with Crippen molar-refractivity contribution in [3.05, 3.63) is 29.6 Å². The molecule has 36 heavy (non-hydrogen) atoms. The van der Waals surface area contributed by atoms with E-state index in [0.717, 1.165) is 5.56 Å². The van der Waals surface area contributed by atoms with Crippen LogP contribution in [0.5, 0.6) is 0 Å². The molecule has 1 rings (SSSR count). The smallest absolute Gasteiger partial charge is 0.855 e. The third kappa shape index (κ3) is 28.3. The van der Waals surface area contributed by atoms with Gasteiger partial charge in [-0.05, 0) is 50.5 Å². The summed E-state index contributed by atoms with van der Waals surface area (Å²) in [6.07, 6.45) is 3.37. The zero-order chi connectivity index (χ0) is 28.7. The van der Waals surface area contributed by atoms with E-state index in [1.54, 1.807) is 40.1 Å². The van der Waals surface area contributed by atoms with Gasteiger partial charge < -0.3 is 24.9 Å². The van der Waals surface area contributed by atoms with Gasteiger partial charge in [0.25, 0.3) is 0 Å². The molecule has 0 amide bonds. The first kappa shape index (κ1) is 45.6. The molecular formula is C25H50N2O6SSiTi. The van der Waals surface area contributed by atoms with Crippen LogP contribution < -0.4 is 20.4 Å². The summed E-state index contributed by atoms with van der Waals surface area (Å²) in [5, 5.41) is 35.9. The summed E-state index contributed by atoms with van der Waals surface area (Å²) in [7, 11) is -3.00. The molecule has 0 aliphatic heterocycles. The van der Waals surface area contributed by atoms with Gasteiger partial charge in [-0.1, -0.05) is 54.5 Å². The van der Waals surface area contributed by atoms with E-state index in [0.29, 0.717) is 12.3 Å². The normalized spacial score (nSPS) is 11.7. The van der Waals surface area contributed by atoms with Crippen LogP contribution in [0.15, 0.2) is 22.7 Å². The molecule has 0 bridgehead atoms. The van der Waals surface area contributed by atoms with Crippen molar-refractivity contribution in [1.29, 1.82) is 0 Å². The van der Waals surface area contributed by atoms with Gasteiger partial charge in [-0.3, -0.25) is 4.98 Å². The van der Waals surface area contributed by atoms with E-state index >= 15 is 0 Å². The Hall–Kier alpha value is -0.299. The maximum atomic E-state index is 11.9. The molecule has 0 saturated heterocycles. The minimum atomic E-state index is -1.75. The fraction of sp³-hybridized carbons (Fsp3) is 0.760. The third-order valence-corrected chi connectivity index (χ3v) is 9.88. The number of pyridine rings is 1. The van der Waals surface area contributed by atoms with Crippen LogP contribution in [0.2, 0.25) is 18.1 Å². The van der Waals surface area contributed by atoms with Crippen molar-refractivity contribution < 1.29 is 50.8 Å². The molecule has 0 fully saturated rings. The maximum Gasteiger partial charge on any atom is 4.00 e. The molecule has 1 aromatic heterocycles. The minimum absolute atomic E-state index is 0. The Morgan fingerprint density at radius 1 is 0.917 bits per heavy atom. The Bertz CT molecular complexity index is 641. The number of aromatic nitrogens is 1. The number of rotatable bonds is 5. The quantitative estimate of drug-likeness (QED) is 0.381. The molecule has 0 radical (unpaired) electrons. The van der Waals surface area contributed by atoms with Crippen molar-refractivity contribution in [2.24, 2.45) is 4.40 Å². The van der Waals surface area contributed by atoms with Gasteiger partial charge >= 0.3 is 21.7 Å². The summed E-state index contributed by atoms with van der Waals surface area (Å²) >= 11 is 0. The second-order valence-electron chi connectivity index (χ2n) is 9.39. The fourth-order valence-electron chi connectivity index (χ4n) is 1.34. The summed E-state index contributed by atoms with van der Waals surface area (Å²) in [6, 6.07) is 3.87. The predicted octanol–water partition coefficient (Wildman–Crippen LogP) is 1.95. The molecule has 0 spiro atoms. The van der Waals surface area contributed by atoms with Crippen LogP contribution >= 0.6 is 0 Å². The summed E-state index contributed by atoms with van der Waals surface area (Å²) in [5.41, 5.74) is 1.75. The standard InChI is InChI=1S/C17H30N2O2SSi.4C2H5O.Ti/c1-16(2,3)22(20)19-12-15-10-9-14(11-18-15)13-21-23(7,8)17(4,5)6;4*1-2-3;/h9-12H,13H2,1-8H3;4*2H2,1H3;/q;4*-1;+4/t22-;;;;;/m1...../s1. The molecule has 1 heterocycles. The molecule has 210 valence electrons. The fourth-order valence-corrected chi connectivity index (χ4v) is 2.82. The van der Waals surface area contributed by atoms with Crippen molar-refractivity contribution in [2.45, 2.75) is 98.7 Å². The molecular weight excluding hydrogens is 532 g/mol. The van der Waals surface area contributed by atoms with Crippen LogP contribution in [0.1, 0.15) is 80.5 Å². The molecule has 0 aromatic carbocycles. The van der Waals surface area contributed by atoms with Gasteiger partial charge in [-0.2, -0.15) is 4.40 Å². The molecule has 0 saturated carbocycles. The number of nitrogens with zero attached hydrogens (tertiary/aromatic N) is 2. The Morgan fingerprint density at radius 2 is 1.31 bits per heavy atom. The van der Waals surface area contributed by atoms with Gasteiger partial charge in [0.2, 0.25) is 0 Å². The minimum Gasteiger partial charge on any atom is -0.855 e. The van der Waals surface area contributed by atoms with Crippen LogP contribution in [0, 0.1) is 0 Å². The van der Waals surface area contributed by atoms with Gasteiger partial charge in [0.05, 0.1) is 23.3 Å². The monoisotopic (exact) mass is 582 g/mol. The second kappa shape index (κ2) is 26.3. The van der Waals surface area contributed by atoms with E-state index < -0.39 is 19.3 Å². The third-order valence-electron chi connectivity index (χ3n) is 4.06. The van der Waals surface area contributed by atoms with Gasteiger partial charge in [-0.15, -0.1) is 26.4 Å². The van der Waals surface area contributed by atoms with Gasteiger partial charge in [0.1, 0.15) is 11.0 Å². The van der Waals surface area contributed by atoms with Crippen LogP contribution in [-0.4, -0.2) is 54.9 Å². The maximum absolute atomic E-state index is 11.9. The van der Waals surface area contributed by atoms with Crippen LogP contribution in [0.3, 0.4) is 0 Å². The molecule has 0 aliphatic rings. The summed E-state index contributed by atoms with van der Waals surface area (Å²) in [6.45, 7) is 23.7. The summed E-state index contributed by atoms with van der Waals surface area (Å²) in [4.78, 5) is 4.35. The molecule has 0 N–H and O–H groups in total. The van der Waals surface area contributed by atoms with Crippen LogP contribution in [0.25, 0.3) is 0 Å². The molecule has 0 aliphatic carbocycles. The molecule has 0 unspecified atom stereocenters. The average molecular weight is 583 g/mol. The van der Waals surface area contributed by atoms with Crippen molar-refractivity contribution in [3.63, 3.8) is 0 Å². The van der Waals surface area contributed by atoms with Crippen molar-refractivity contribution >= 4 is 25.5 Å². The van der Waals surface area contributed by atoms with Crippen molar-refractivity contribution in [3.8, 4) is 0 Å². The second-order valence-corrected chi connectivity index (χ2v) is 16.1. The van der Waals surface area contributed by atoms with Crippen molar-refractivity contribution in [2.75, 3.05) is 26.4 Å². The van der Waals surface area contributed by atoms with Gasteiger partial charge in [-0.25, -0.2) is 4.21 Å². The SMILES string of the molecule is CC(C)(C)[S@@](=O)N=Cc1ccc(CO[Si](C)(C)C(C)(C)C)cn1.CC[O-].CC[O-].CC[O-].CC[O-].[Ti+4]. The summed E-state index contributed by atoms with van der Waals surface area (Å²) < 4.78 is 21.8. The first-order valence-corrected chi connectivity index (χ1v) is 15.9. The van der Waals surface area contributed by atoms with E-state index in [9.17, 15) is 4.21 Å². The van der Waals surface area contributed by atoms with E-state index in [-0.39, 0.29) is 57.9 Å². The average Bonchev–Trinajstić information content (AvgIpc) is 2.72. The Morgan fingerprint density at radius 3 is 1.58 bits per heavy atom.